The molecule has 0 fully saturated rings. The van der Waals surface area contributed by atoms with Crippen molar-refractivity contribution in [2.45, 2.75) is 13.5 Å². The van der Waals surface area contributed by atoms with Crippen LogP contribution in [0.2, 0.25) is 15.1 Å². The summed E-state index contributed by atoms with van der Waals surface area (Å²) in [5, 5.41) is 13.5. The Labute approximate surface area is 129 Å². The molecule has 0 atom stereocenters. The van der Waals surface area contributed by atoms with E-state index < -0.39 is 0 Å². The standard InChI is InChI=1S/C11H10Cl3N3OS/c1-2-15-5-10-16-17-11(19-10)18-9-4-7(13)6(12)3-8(9)14/h3-4,15H,2,5H2,1H3. The molecule has 0 spiro atoms. The number of nitrogens with zero attached hydrogens (tertiary/aromatic N) is 2. The van der Waals surface area contributed by atoms with Gasteiger partial charge in [0, 0.05) is 12.6 Å². The summed E-state index contributed by atoms with van der Waals surface area (Å²) in [5.41, 5.74) is 0. The smallest absolute Gasteiger partial charge is 0.299 e. The molecule has 102 valence electrons. The van der Waals surface area contributed by atoms with Crippen molar-refractivity contribution in [3.05, 3.63) is 32.2 Å². The molecular weight excluding hydrogens is 329 g/mol. The number of benzene rings is 1. The van der Waals surface area contributed by atoms with Crippen molar-refractivity contribution < 1.29 is 4.74 Å². The first-order chi connectivity index (χ1) is 9.10. The minimum Gasteiger partial charge on any atom is -0.428 e. The molecule has 0 unspecified atom stereocenters. The molecule has 0 aliphatic carbocycles. The predicted molar refractivity (Wildman–Crippen MR) is 78.8 cm³/mol. The number of ether oxygens (including phenoxy) is 1. The molecule has 0 aliphatic heterocycles. The fourth-order valence-corrected chi connectivity index (χ4v) is 2.51. The molecule has 0 radical (unpaired) electrons. The van der Waals surface area contributed by atoms with Gasteiger partial charge in [0.05, 0.1) is 15.1 Å². The van der Waals surface area contributed by atoms with Crippen LogP contribution in [-0.2, 0) is 6.54 Å². The van der Waals surface area contributed by atoms with Gasteiger partial charge in [-0.2, -0.15) is 0 Å². The Morgan fingerprint density at radius 3 is 2.63 bits per heavy atom. The minimum absolute atomic E-state index is 0.373. The summed E-state index contributed by atoms with van der Waals surface area (Å²) < 4.78 is 5.55. The molecule has 0 aliphatic rings. The molecule has 2 aromatic rings. The van der Waals surface area contributed by atoms with E-state index in [1.54, 1.807) is 6.07 Å². The van der Waals surface area contributed by atoms with Crippen LogP contribution >= 0.6 is 46.1 Å². The van der Waals surface area contributed by atoms with Gasteiger partial charge in [-0.3, -0.25) is 0 Å². The van der Waals surface area contributed by atoms with Crippen molar-refractivity contribution in [2.24, 2.45) is 0 Å². The maximum atomic E-state index is 6.02. The van der Waals surface area contributed by atoms with Crippen LogP contribution < -0.4 is 10.1 Å². The molecule has 8 heteroatoms. The third-order valence-corrected chi connectivity index (χ3v) is 3.97. The summed E-state index contributed by atoms with van der Waals surface area (Å²) in [4.78, 5) is 0. The molecule has 0 saturated heterocycles. The highest BCUT2D eigenvalue weighted by Gasteiger charge is 2.11. The van der Waals surface area contributed by atoms with Gasteiger partial charge in [-0.05, 0) is 12.6 Å². The molecular formula is C11H10Cl3N3OS. The first kappa shape index (κ1) is 14.8. The summed E-state index contributed by atoms with van der Waals surface area (Å²) >= 11 is 19.1. The van der Waals surface area contributed by atoms with E-state index >= 15 is 0 Å². The second-order valence-electron chi connectivity index (χ2n) is 3.54. The predicted octanol–water partition coefficient (Wildman–Crippen LogP) is 4.40. The Kier molecular flexibility index (Phi) is 5.24. The zero-order valence-electron chi connectivity index (χ0n) is 9.91. The zero-order valence-corrected chi connectivity index (χ0v) is 13.0. The Hall–Kier alpha value is -0.590. The van der Waals surface area contributed by atoms with Crippen molar-refractivity contribution in [1.29, 1.82) is 0 Å². The van der Waals surface area contributed by atoms with Gasteiger partial charge in [0.15, 0.2) is 5.75 Å². The van der Waals surface area contributed by atoms with Crippen molar-refractivity contribution in [2.75, 3.05) is 6.54 Å². The van der Waals surface area contributed by atoms with Crippen molar-refractivity contribution >= 4 is 46.1 Å². The Morgan fingerprint density at radius 1 is 1.16 bits per heavy atom. The fourth-order valence-electron chi connectivity index (χ4n) is 1.26. The highest BCUT2D eigenvalue weighted by atomic mass is 35.5. The molecule has 0 bridgehead atoms. The van der Waals surface area contributed by atoms with Crippen LogP contribution in [0, 0.1) is 0 Å². The van der Waals surface area contributed by atoms with Gasteiger partial charge < -0.3 is 10.1 Å². The van der Waals surface area contributed by atoms with Gasteiger partial charge in [-0.1, -0.05) is 58.2 Å². The third-order valence-electron chi connectivity index (χ3n) is 2.15. The van der Waals surface area contributed by atoms with Gasteiger partial charge in [0.25, 0.3) is 5.19 Å². The van der Waals surface area contributed by atoms with E-state index in [2.05, 4.69) is 15.5 Å². The van der Waals surface area contributed by atoms with Crippen LogP contribution in [0.25, 0.3) is 0 Å². The topological polar surface area (TPSA) is 47.0 Å². The largest absolute Gasteiger partial charge is 0.428 e. The highest BCUT2D eigenvalue weighted by molar-refractivity contribution is 7.13. The summed E-state index contributed by atoms with van der Waals surface area (Å²) in [6.07, 6.45) is 0. The average Bonchev–Trinajstić information content (AvgIpc) is 2.81. The lowest BCUT2D eigenvalue weighted by molar-refractivity contribution is 0.473. The maximum Gasteiger partial charge on any atom is 0.299 e. The molecule has 1 N–H and O–H groups in total. The maximum absolute atomic E-state index is 6.02. The van der Waals surface area contributed by atoms with Crippen molar-refractivity contribution in [3.63, 3.8) is 0 Å². The van der Waals surface area contributed by atoms with E-state index in [1.807, 2.05) is 6.92 Å². The van der Waals surface area contributed by atoms with E-state index in [4.69, 9.17) is 39.5 Å². The number of hydrogen-bond donors (Lipinski definition) is 1. The van der Waals surface area contributed by atoms with Crippen LogP contribution in [0.1, 0.15) is 11.9 Å². The minimum atomic E-state index is 0.373. The molecule has 0 saturated carbocycles. The van der Waals surface area contributed by atoms with E-state index in [0.29, 0.717) is 32.6 Å². The fraction of sp³-hybridized carbons (Fsp3) is 0.273. The van der Waals surface area contributed by atoms with Crippen LogP contribution in [0.3, 0.4) is 0 Å². The quantitative estimate of drug-likeness (QED) is 0.821. The normalized spacial score (nSPS) is 10.7. The third kappa shape index (κ3) is 3.94. The number of rotatable bonds is 5. The number of hydrogen-bond acceptors (Lipinski definition) is 5. The zero-order chi connectivity index (χ0) is 13.8. The van der Waals surface area contributed by atoms with E-state index in [9.17, 15) is 0 Å². The molecule has 19 heavy (non-hydrogen) atoms. The van der Waals surface area contributed by atoms with Gasteiger partial charge in [0.2, 0.25) is 0 Å². The van der Waals surface area contributed by atoms with Crippen LogP contribution in [-0.4, -0.2) is 16.7 Å². The van der Waals surface area contributed by atoms with E-state index in [-0.39, 0.29) is 0 Å². The molecule has 1 aromatic heterocycles. The molecule has 0 amide bonds. The van der Waals surface area contributed by atoms with Crippen LogP contribution in [0.15, 0.2) is 12.1 Å². The molecule has 4 nitrogen and oxygen atoms in total. The molecule has 1 heterocycles. The summed E-state index contributed by atoms with van der Waals surface area (Å²) in [6.45, 7) is 3.55. The lowest BCUT2D eigenvalue weighted by atomic mass is 10.3. The van der Waals surface area contributed by atoms with Gasteiger partial charge >= 0.3 is 0 Å². The SMILES string of the molecule is CCNCc1nnc(Oc2cc(Cl)c(Cl)cc2Cl)s1. The van der Waals surface area contributed by atoms with E-state index in [1.165, 1.54) is 17.4 Å². The second kappa shape index (κ2) is 6.72. The average molecular weight is 339 g/mol. The van der Waals surface area contributed by atoms with E-state index in [0.717, 1.165) is 11.6 Å². The highest BCUT2D eigenvalue weighted by Crippen LogP contribution is 2.36. The Morgan fingerprint density at radius 2 is 1.89 bits per heavy atom. The molecule has 1 aromatic carbocycles. The second-order valence-corrected chi connectivity index (χ2v) is 5.79. The number of aromatic nitrogens is 2. The lowest BCUT2D eigenvalue weighted by Gasteiger charge is -2.05. The van der Waals surface area contributed by atoms with Crippen LogP contribution in [0.5, 0.6) is 10.9 Å². The number of nitrogens with one attached hydrogen (secondary N) is 1. The van der Waals surface area contributed by atoms with Gasteiger partial charge in [-0.15, -0.1) is 5.10 Å². The first-order valence-corrected chi connectivity index (χ1v) is 7.40. The summed E-state index contributed by atoms with van der Waals surface area (Å²) in [5.74, 6) is 0.405. The van der Waals surface area contributed by atoms with Crippen molar-refractivity contribution in [1.82, 2.24) is 15.5 Å². The summed E-state index contributed by atoms with van der Waals surface area (Å²) in [7, 11) is 0. The molecule has 2 rings (SSSR count). The van der Waals surface area contributed by atoms with Crippen molar-refractivity contribution in [3.8, 4) is 10.9 Å². The Balaban J connectivity index is 2.12. The van der Waals surface area contributed by atoms with Gasteiger partial charge in [0.1, 0.15) is 5.01 Å². The Bertz CT molecular complexity index is 576. The monoisotopic (exact) mass is 337 g/mol. The van der Waals surface area contributed by atoms with Crippen LogP contribution in [0.4, 0.5) is 0 Å². The van der Waals surface area contributed by atoms with Gasteiger partial charge in [-0.25, -0.2) is 0 Å². The number of halogens is 3. The summed E-state index contributed by atoms with van der Waals surface area (Å²) in [6, 6.07) is 3.08. The first-order valence-electron chi connectivity index (χ1n) is 5.45. The lowest BCUT2D eigenvalue weighted by Crippen LogP contribution is -2.11.